The summed E-state index contributed by atoms with van der Waals surface area (Å²) in [6.07, 6.45) is 2.76. The number of halogens is 1. The van der Waals surface area contributed by atoms with Crippen LogP contribution in [0.1, 0.15) is 86.8 Å². The van der Waals surface area contributed by atoms with Crippen LogP contribution < -0.4 is 10.6 Å². The summed E-state index contributed by atoms with van der Waals surface area (Å²) >= 11 is 0. The van der Waals surface area contributed by atoms with Crippen LogP contribution in [-0.4, -0.2) is 77.9 Å². The third-order valence-corrected chi connectivity index (χ3v) is 10.6. The van der Waals surface area contributed by atoms with Crippen LogP contribution in [0.4, 0.5) is 14.9 Å². The highest BCUT2D eigenvalue weighted by Crippen LogP contribution is 2.39. The van der Waals surface area contributed by atoms with Crippen molar-refractivity contribution in [3.63, 3.8) is 0 Å². The van der Waals surface area contributed by atoms with Gasteiger partial charge in [-0.1, -0.05) is 60.7 Å². The number of aromatic amines is 1. The number of carbonyl (C=O) groups excluding carboxylic acids is 4. The largest absolute Gasteiger partial charge is 0.461 e. The van der Waals surface area contributed by atoms with Crippen LogP contribution >= 0.6 is 0 Å². The number of carbonyl (C=O) groups is 4. The third kappa shape index (κ3) is 10.5. The van der Waals surface area contributed by atoms with E-state index in [1.54, 1.807) is 49.9 Å². The number of ether oxygens (including phenoxy) is 3. The molecule has 56 heavy (non-hydrogen) atoms. The first-order chi connectivity index (χ1) is 27.0. The molecule has 3 amide bonds. The van der Waals surface area contributed by atoms with Crippen LogP contribution in [0.5, 0.6) is 0 Å². The summed E-state index contributed by atoms with van der Waals surface area (Å²) in [5.74, 6) is -1.48. The van der Waals surface area contributed by atoms with E-state index in [2.05, 4.69) is 15.6 Å². The van der Waals surface area contributed by atoms with Gasteiger partial charge in [-0.05, 0) is 94.2 Å². The average molecular weight is 769 g/mol. The Kier molecular flexibility index (Phi) is 13.4. The number of nitrogens with one attached hydrogen (secondary N) is 3. The van der Waals surface area contributed by atoms with Gasteiger partial charge in [-0.3, -0.25) is 9.59 Å². The van der Waals surface area contributed by atoms with E-state index in [1.807, 2.05) is 60.7 Å². The van der Waals surface area contributed by atoms with Crippen molar-refractivity contribution in [3.05, 3.63) is 102 Å². The molecule has 4 aromatic rings. The summed E-state index contributed by atoms with van der Waals surface area (Å²) in [6, 6.07) is 25.3. The fourth-order valence-corrected chi connectivity index (χ4v) is 7.86. The minimum Gasteiger partial charge on any atom is -0.461 e. The molecule has 1 aliphatic carbocycles. The number of nitrogens with zero attached hydrogens (tertiary/aromatic N) is 1. The summed E-state index contributed by atoms with van der Waals surface area (Å²) in [4.78, 5) is 58.4. The average Bonchev–Trinajstić information content (AvgIpc) is 3.83. The SMILES string of the molecule is CC(C)(C)OC(=O)N[C@H](CF)C1CCC(C(=O)N2CC[C@H](c3ccccc3)[C@@H]2C(=O)Nc2ccc3[nH]c(C(=O)OCCCOCc4ccccc4)cc3c2)CC1. The molecule has 0 spiro atoms. The Morgan fingerprint density at radius 3 is 2.30 bits per heavy atom. The number of aromatic nitrogens is 1. The molecule has 1 saturated carbocycles. The normalized spacial score (nSPS) is 20.3. The molecule has 12 heteroatoms. The van der Waals surface area contributed by atoms with Crippen molar-refractivity contribution in [2.75, 3.05) is 31.7 Å². The Hall–Kier alpha value is -5.23. The summed E-state index contributed by atoms with van der Waals surface area (Å²) in [5, 5.41) is 6.47. The summed E-state index contributed by atoms with van der Waals surface area (Å²) in [6.45, 7) is 6.16. The fraction of sp³-hybridized carbons (Fsp3) is 0.455. The highest BCUT2D eigenvalue weighted by atomic mass is 19.1. The number of rotatable bonds is 14. The first-order valence-electron chi connectivity index (χ1n) is 19.6. The number of hydrogen-bond donors (Lipinski definition) is 3. The molecule has 1 saturated heterocycles. The van der Waals surface area contributed by atoms with Crippen molar-refractivity contribution < 1.29 is 37.8 Å². The van der Waals surface area contributed by atoms with Crippen LogP contribution in [0.15, 0.2) is 84.9 Å². The lowest BCUT2D eigenvalue weighted by molar-refractivity contribution is -0.141. The van der Waals surface area contributed by atoms with Gasteiger partial charge in [0.15, 0.2) is 0 Å². The van der Waals surface area contributed by atoms with E-state index in [0.717, 1.165) is 16.5 Å². The molecule has 1 aromatic heterocycles. The molecule has 11 nitrogen and oxygen atoms in total. The Morgan fingerprint density at radius 2 is 1.61 bits per heavy atom. The molecule has 1 aliphatic heterocycles. The van der Waals surface area contributed by atoms with E-state index in [4.69, 9.17) is 14.2 Å². The van der Waals surface area contributed by atoms with E-state index < -0.39 is 36.4 Å². The predicted molar refractivity (Wildman–Crippen MR) is 212 cm³/mol. The van der Waals surface area contributed by atoms with Gasteiger partial charge in [-0.2, -0.15) is 0 Å². The van der Waals surface area contributed by atoms with Gasteiger partial charge in [0.05, 0.1) is 25.9 Å². The zero-order valence-electron chi connectivity index (χ0n) is 32.4. The number of H-pyrrole nitrogens is 1. The lowest BCUT2D eigenvalue weighted by Gasteiger charge is -2.36. The topological polar surface area (TPSA) is 139 Å². The fourth-order valence-electron chi connectivity index (χ4n) is 7.86. The van der Waals surface area contributed by atoms with E-state index in [1.165, 1.54) is 0 Å². The third-order valence-electron chi connectivity index (χ3n) is 10.6. The zero-order chi connectivity index (χ0) is 39.7. The number of fused-ring (bicyclic) bond motifs is 1. The molecule has 0 bridgehead atoms. The predicted octanol–water partition coefficient (Wildman–Crippen LogP) is 7.92. The quantitative estimate of drug-likeness (QED) is 0.0875. The van der Waals surface area contributed by atoms with Gasteiger partial charge in [0.25, 0.3) is 0 Å². The van der Waals surface area contributed by atoms with Crippen molar-refractivity contribution >= 4 is 40.5 Å². The second-order valence-electron chi connectivity index (χ2n) is 15.8. The zero-order valence-corrected chi connectivity index (χ0v) is 32.4. The smallest absolute Gasteiger partial charge is 0.407 e. The Balaban J connectivity index is 1.06. The molecule has 2 heterocycles. The summed E-state index contributed by atoms with van der Waals surface area (Å²) in [5.41, 5.74) is 2.93. The maximum Gasteiger partial charge on any atom is 0.407 e. The van der Waals surface area contributed by atoms with E-state index in [-0.39, 0.29) is 36.2 Å². The summed E-state index contributed by atoms with van der Waals surface area (Å²) in [7, 11) is 0. The maximum atomic E-state index is 14.2. The molecule has 0 unspecified atom stereocenters. The number of anilines is 1. The molecule has 2 fully saturated rings. The van der Waals surface area contributed by atoms with Gasteiger partial charge < -0.3 is 34.7 Å². The first-order valence-corrected chi connectivity index (χ1v) is 19.6. The van der Waals surface area contributed by atoms with Crippen LogP contribution in [0, 0.1) is 11.8 Å². The number of benzene rings is 3. The highest BCUT2D eigenvalue weighted by Gasteiger charge is 2.45. The molecule has 3 aromatic carbocycles. The number of alkyl carbamates (subject to hydrolysis) is 1. The lowest BCUT2D eigenvalue weighted by atomic mass is 9.78. The second-order valence-corrected chi connectivity index (χ2v) is 15.8. The molecule has 0 radical (unpaired) electrons. The molecule has 2 aliphatic rings. The first kappa shape index (κ1) is 40.4. The highest BCUT2D eigenvalue weighted by molar-refractivity contribution is 6.01. The van der Waals surface area contributed by atoms with Crippen molar-refractivity contribution in [1.82, 2.24) is 15.2 Å². The molecule has 298 valence electrons. The van der Waals surface area contributed by atoms with Gasteiger partial charge in [0.1, 0.15) is 24.0 Å². The monoisotopic (exact) mass is 768 g/mol. The van der Waals surface area contributed by atoms with Crippen molar-refractivity contribution in [1.29, 1.82) is 0 Å². The van der Waals surface area contributed by atoms with Gasteiger partial charge in [-0.25, -0.2) is 14.0 Å². The van der Waals surface area contributed by atoms with Crippen LogP contribution in [0.3, 0.4) is 0 Å². The van der Waals surface area contributed by atoms with Crippen LogP contribution in [-0.2, 0) is 30.4 Å². The van der Waals surface area contributed by atoms with Crippen LogP contribution in [0.2, 0.25) is 0 Å². The number of esters is 1. The molecule has 6 rings (SSSR count). The van der Waals surface area contributed by atoms with Crippen molar-refractivity contribution in [2.24, 2.45) is 11.8 Å². The molecular weight excluding hydrogens is 716 g/mol. The Morgan fingerprint density at radius 1 is 0.893 bits per heavy atom. The lowest BCUT2D eigenvalue weighted by Crippen LogP contribution is -2.49. The number of alkyl halides is 1. The maximum absolute atomic E-state index is 14.2. The van der Waals surface area contributed by atoms with Gasteiger partial charge in [0.2, 0.25) is 11.8 Å². The van der Waals surface area contributed by atoms with Crippen molar-refractivity contribution in [3.8, 4) is 0 Å². The van der Waals surface area contributed by atoms with Crippen molar-refractivity contribution in [2.45, 2.75) is 89.5 Å². The molecular formula is C44H53FN4O7. The second kappa shape index (κ2) is 18.6. The van der Waals surface area contributed by atoms with Gasteiger partial charge >= 0.3 is 12.1 Å². The standard InChI is InChI=1S/C44H53FN4O7/c1-44(2,3)56-43(53)48-38(27-45)31-15-17-32(18-16-31)41(51)49-22-21-35(30-13-8-5-9-14-30)39(49)40(50)46-34-19-20-36-33(25-34)26-37(47-36)42(52)55-24-10-23-54-28-29-11-6-4-7-12-29/h4-9,11-14,19-20,25-26,31-32,35,38-39,47H,10,15-18,21-24,27-28H2,1-3H3,(H,46,50)(H,48,53)/t31?,32?,35-,38-,39-/m1/s1. The number of likely N-dealkylation sites (tertiary alicyclic amines) is 1. The minimum atomic E-state index is -0.737. The van der Waals surface area contributed by atoms with Gasteiger partial charge in [0, 0.05) is 41.4 Å². The number of amides is 3. The number of hydrogen-bond acceptors (Lipinski definition) is 7. The van der Waals surface area contributed by atoms with E-state index >= 15 is 0 Å². The Bertz CT molecular complexity index is 1940. The Labute approximate surface area is 327 Å². The van der Waals surface area contributed by atoms with Crippen LogP contribution in [0.25, 0.3) is 10.9 Å². The summed E-state index contributed by atoms with van der Waals surface area (Å²) < 4.78 is 30.6. The minimum absolute atomic E-state index is 0.0778. The molecule has 3 N–H and O–H groups in total. The molecule has 3 atom stereocenters. The van der Waals surface area contributed by atoms with E-state index in [0.29, 0.717) is 75.2 Å². The van der Waals surface area contributed by atoms with E-state index in [9.17, 15) is 23.6 Å². The van der Waals surface area contributed by atoms with Gasteiger partial charge in [-0.15, -0.1) is 0 Å².